The average Bonchev–Trinajstić information content (AvgIpc) is 2.79. The lowest BCUT2D eigenvalue weighted by atomic mass is 9.87. The van der Waals surface area contributed by atoms with Crippen molar-refractivity contribution in [3.8, 4) is 5.75 Å². The largest absolute Gasteiger partial charge is 0.494 e. The van der Waals surface area contributed by atoms with Crippen molar-refractivity contribution in [1.82, 2.24) is 5.32 Å². The van der Waals surface area contributed by atoms with Gasteiger partial charge >= 0.3 is 0 Å². The molecule has 2 heterocycles. The molecule has 0 aromatic heterocycles. The van der Waals surface area contributed by atoms with Gasteiger partial charge in [-0.2, -0.15) is 0 Å². The van der Waals surface area contributed by atoms with Gasteiger partial charge in [-0.05, 0) is 62.8 Å². The topological polar surface area (TPSA) is 38.3 Å². The number of Topliss-reactive ketones (excluding diaryl/α,β-unsaturated/α-hetero) is 1. The Morgan fingerprint density at radius 3 is 2.45 bits per heavy atom. The number of benzene rings is 1. The summed E-state index contributed by atoms with van der Waals surface area (Å²) in [5.74, 6) is 1.68. The van der Waals surface area contributed by atoms with Crippen LogP contribution in [0.15, 0.2) is 24.3 Å². The van der Waals surface area contributed by atoms with Crippen molar-refractivity contribution >= 4 is 5.78 Å². The van der Waals surface area contributed by atoms with Crippen molar-refractivity contribution in [1.29, 1.82) is 0 Å². The van der Waals surface area contributed by atoms with Gasteiger partial charge in [0.15, 0.2) is 5.78 Å². The minimum absolute atomic E-state index is 0.277. The molecule has 1 aromatic carbocycles. The highest BCUT2D eigenvalue weighted by Crippen LogP contribution is 2.33. The molecule has 0 saturated carbocycles. The zero-order valence-electron chi connectivity index (χ0n) is 12.1. The summed E-state index contributed by atoms with van der Waals surface area (Å²) in [5, 5.41) is 3.63. The number of hydrogen-bond acceptors (Lipinski definition) is 3. The number of hydrogen-bond donors (Lipinski definition) is 1. The van der Waals surface area contributed by atoms with Crippen molar-refractivity contribution in [3.05, 3.63) is 29.8 Å². The van der Waals surface area contributed by atoms with E-state index >= 15 is 0 Å². The van der Waals surface area contributed by atoms with Crippen molar-refractivity contribution in [2.24, 2.45) is 5.92 Å². The van der Waals surface area contributed by atoms with Crippen LogP contribution in [0.3, 0.4) is 0 Å². The van der Waals surface area contributed by atoms with Gasteiger partial charge in [0.25, 0.3) is 0 Å². The molecule has 2 bridgehead atoms. The van der Waals surface area contributed by atoms with E-state index in [9.17, 15) is 4.79 Å². The molecule has 2 saturated heterocycles. The van der Waals surface area contributed by atoms with Gasteiger partial charge in [-0.3, -0.25) is 4.79 Å². The minimum Gasteiger partial charge on any atom is -0.494 e. The molecule has 20 heavy (non-hydrogen) atoms. The average molecular weight is 273 g/mol. The molecule has 0 spiro atoms. The van der Waals surface area contributed by atoms with Crippen molar-refractivity contribution < 1.29 is 9.53 Å². The molecule has 3 rings (SSSR count). The number of ether oxygens (including phenoxy) is 1. The van der Waals surface area contributed by atoms with Gasteiger partial charge in [-0.15, -0.1) is 0 Å². The first-order chi connectivity index (χ1) is 9.74. The normalized spacial score (nSPS) is 28.4. The molecule has 3 heteroatoms. The summed E-state index contributed by atoms with van der Waals surface area (Å²) in [4.78, 5) is 12.4. The van der Waals surface area contributed by atoms with Gasteiger partial charge in [0.1, 0.15) is 5.75 Å². The van der Waals surface area contributed by atoms with Crippen LogP contribution in [0, 0.1) is 5.92 Å². The number of nitrogens with one attached hydrogen (secondary N) is 1. The van der Waals surface area contributed by atoms with Crippen LogP contribution in [0.25, 0.3) is 0 Å². The van der Waals surface area contributed by atoms with Gasteiger partial charge in [-0.25, -0.2) is 0 Å². The molecule has 2 fully saturated rings. The summed E-state index contributed by atoms with van der Waals surface area (Å²) in [5.41, 5.74) is 0.819. The Bertz CT molecular complexity index is 456. The molecule has 1 aromatic rings. The standard InChI is InChI=1S/C17H23NO2/c1-2-20-16-7-3-13(4-8-16)17(19)11-12-9-14-5-6-15(10-12)18-14/h3-4,7-8,12,14-15,18H,2,5-6,9-11H2,1H3. The number of ketones is 1. The maximum Gasteiger partial charge on any atom is 0.163 e. The molecule has 2 aliphatic rings. The summed E-state index contributed by atoms with van der Waals surface area (Å²) in [6, 6.07) is 8.89. The van der Waals surface area contributed by atoms with Gasteiger partial charge < -0.3 is 10.1 Å². The summed E-state index contributed by atoms with van der Waals surface area (Å²) in [6.07, 6.45) is 5.61. The number of carbonyl (C=O) groups is 1. The zero-order chi connectivity index (χ0) is 13.9. The zero-order valence-corrected chi connectivity index (χ0v) is 12.1. The van der Waals surface area contributed by atoms with Crippen LogP contribution in [0.2, 0.25) is 0 Å². The molecule has 0 radical (unpaired) electrons. The van der Waals surface area contributed by atoms with Crippen LogP contribution in [-0.4, -0.2) is 24.5 Å². The van der Waals surface area contributed by atoms with Gasteiger partial charge in [-0.1, -0.05) is 0 Å². The first-order valence-electron chi connectivity index (χ1n) is 7.76. The fraction of sp³-hybridized carbons (Fsp3) is 0.588. The summed E-state index contributed by atoms with van der Waals surface area (Å²) in [7, 11) is 0. The first kappa shape index (κ1) is 13.6. The molecule has 0 amide bonds. The van der Waals surface area contributed by atoms with Crippen LogP contribution >= 0.6 is 0 Å². The summed E-state index contributed by atoms with van der Waals surface area (Å²) >= 11 is 0. The predicted octanol–water partition coefficient (Wildman–Crippen LogP) is 3.19. The molecule has 2 unspecified atom stereocenters. The SMILES string of the molecule is CCOc1ccc(C(=O)CC2CC3CCC(C2)N3)cc1. The van der Waals surface area contributed by atoms with Crippen molar-refractivity contribution in [2.45, 2.75) is 51.1 Å². The summed E-state index contributed by atoms with van der Waals surface area (Å²) in [6.45, 7) is 2.62. The minimum atomic E-state index is 0.277. The van der Waals surface area contributed by atoms with E-state index in [0.29, 0.717) is 31.0 Å². The molecule has 0 aliphatic carbocycles. The second-order valence-corrected chi connectivity index (χ2v) is 6.06. The number of carbonyl (C=O) groups excluding carboxylic acids is 1. The Kier molecular flexibility index (Phi) is 4.06. The van der Waals surface area contributed by atoms with Gasteiger partial charge in [0.05, 0.1) is 6.61 Å². The van der Waals surface area contributed by atoms with E-state index in [-0.39, 0.29) is 5.78 Å². The van der Waals surface area contributed by atoms with Crippen LogP contribution in [0.4, 0.5) is 0 Å². The Balaban J connectivity index is 1.58. The number of fused-ring (bicyclic) bond motifs is 2. The maximum atomic E-state index is 12.4. The van der Waals surface area contributed by atoms with E-state index in [0.717, 1.165) is 11.3 Å². The third-order valence-corrected chi connectivity index (χ3v) is 4.53. The third-order valence-electron chi connectivity index (χ3n) is 4.53. The van der Waals surface area contributed by atoms with Crippen LogP contribution in [0.5, 0.6) is 5.75 Å². The number of piperidine rings is 1. The Hall–Kier alpha value is -1.35. The number of rotatable bonds is 5. The van der Waals surface area contributed by atoms with Crippen LogP contribution in [-0.2, 0) is 0 Å². The van der Waals surface area contributed by atoms with E-state index in [4.69, 9.17) is 4.74 Å². The van der Waals surface area contributed by atoms with E-state index < -0.39 is 0 Å². The monoisotopic (exact) mass is 273 g/mol. The van der Waals surface area contributed by atoms with Crippen LogP contribution < -0.4 is 10.1 Å². The molecular weight excluding hydrogens is 250 g/mol. The second kappa shape index (κ2) is 5.96. The Morgan fingerprint density at radius 2 is 1.85 bits per heavy atom. The summed E-state index contributed by atoms with van der Waals surface area (Å²) < 4.78 is 5.41. The first-order valence-corrected chi connectivity index (χ1v) is 7.76. The molecular formula is C17H23NO2. The predicted molar refractivity (Wildman–Crippen MR) is 79.2 cm³/mol. The van der Waals surface area contributed by atoms with Crippen molar-refractivity contribution in [3.63, 3.8) is 0 Å². The second-order valence-electron chi connectivity index (χ2n) is 6.06. The lowest BCUT2D eigenvalue weighted by molar-refractivity contribution is 0.0945. The smallest absolute Gasteiger partial charge is 0.163 e. The molecule has 2 aliphatic heterocycles. The fourth-order valence-electron chi connectivity index (χ4n) is 3.63. The Labute approximate surface area is 120 Å². The lowest BCUT2D eigenvalue weighted by Crippen LogP contribution is -2.38. The molecule has 1 N–H and O–H groups in total. The van der Waals surface area contributed by atoms with Gasteiger partial charge in [0.2, 0.25) is 0 Å². The molecule has 108 valence electrons. The highest BCUT2D eigenvalue weighted by Gasteiger charge is 2.34. The van der Waals surface area contributed by atoms with E-state index in [1.165, 1.54) is 25.7 Å². The maximum absolute atomic E-state index is 12.4. The Morgan fingerprint density at radius 1 is 1.20 bits per heavy atom. The van der Waals surface area contributed by atoms with E-state index in [1.54, 1.807) is 0 Å². The lowest BCUT2D eigenvalue weighted by Gasteiger charge is -2.28. The third kappa shape index (κ3) is 3.04. The highest BCUT2D eigenvalue weighted by atomic mass is 16.5. The molecule has 3 nitrogen and oxygen atoms in total. The van der Waals surface area contributed by atoms with Crippen LogP contribution in [0.1, 0.15) is 49.4 Å². The molecule has 2 atom stereocenters. The van der Waals surface area contributed by atoms with E-state index in [2.05, 4.69) is 5.32 Å². The van der Waals surface area contributed by atoms with E-state index in [1.807, 2.05) is 31.2 Å². The quantitative estimate of drug-likeness (QED) is 0.837. The van der Waals surface area contributed by atoms with Crippen molar-refractivity contribution in [2.75, 3.05) is 6.61 Å². The highest BCUT2D eigenvalue weighted by molar-refractivity contribution is 5.96. The fourth-order valence-corrected chi connectivity index (χ4v) is 3.63. The van der Waals surface area contributed by atoms with Gasteiger partial charge in [0, 0.05) is 24.1 Å².